The molecule has 3 nitrogen and oxygen atoms in total. The van der Waals surface area contributed by atoms with Gasteiger partial charge >= 0.3 is 6.36 Å². The number of nitrogens with zero attached hydrogens (tertiary/aromatic N) is 1. The number of benzene rings is 2. The van der Waals surface area contributed by atoms with Gasteiger partial charge in [0, 0.05) is 29.0 Å². The third kappa shape index (κ3) is 5.02. The van der Waals surface area contributed by atoms with E-state index < -0.39 is 6.36 Å². The van der Waals surface area contributed by atoms with Crippen molar-refractivity contribution in [2.75, 3.05) is 0 Å². The molecule has 1 aromatic heterocycles. The molecule has 3 aromatic rings. The maximum Gasteiger partial charge on any atom is 0.573 e. The van der Waals surface area contributed by atoms with Crippen LogP contribution in [0.3, 0.4) is 0 Å². The zero-order valence-electron chi connectivity index (χ0n) is 14.0. The fourth-order valence-electron chi connectivity index (χ4n) is 2.42. The van der Waals surface area contributed by atoms with Gasteiger partial charge in [-0.2, -0.15) is 0 Å². The van der Waals surface area contributed by atoms with Crippen molar-refractivity contribution in [3.8, 4) is 35.1 Å². The molecule has 6 heteroatoms. The standard InChI is InChI=1S/C21H14F3NO2/c1-2-15-8-10-19(27-21(22,23)24)18(12-15)17-9-11-20(25-13-17)26-14-16-6-4-3-5-7-16/h1,3-13H,14H2. The lowest BCUT2D eigenvalue weighted by molar-refractivity contribution is -0.274. The molecular formula is C21H14F3NO2. The first-order valence-corrected chi connectivity index (χ1v) is 7.94. The normalized spacial score (nSPS) is 10.9. The Bertz CT molecular complexity index is 946. The molecule has 0 atom stereocenters. The van der Waals surface area contributed by atoms with E-state index in [1.54, 1.807) is 12.1 Å². The minimum Gasteiger partial charge on any atom is -0.473 e. The fraction of sp³-hybridized carbons (Fsp3) is 0.0952. The number of rotatable bonds is 5. The lowest BCUT2D eigenvalue weighted by atomic mass is 10.0. The van der Waals surface area contributed by atoms with Crippen molar-refractivity contribution in [1.29, 1.82) is 0 Å². The first-order valence-electron chi connectivity index (χ1n) is 7.94. The average molecular weight is 369 g/mol. The average Bonchev–Trinajstić information content (AvgIpc) is 2.67. The highest BCUT2D eigenvalue weighted by Crippen LogP contribution is 2.34. The zero-order chi connectivity index (χ0) is 19.3. The van der Waals surface area contributed by atoms with Crippen LogP contribution in [-0.4, -0.2) is 11.3 Å². The van der Waals surface area contributed by atoms with Crippen molar-refractivity contribution >= 4 is 0 Å². The molecule has 0 bridgehead atoms. The van der Waals surface area contributed by atoms with E-state index in [-0.39, 0.29) is 11.3 Å². The van der Waals surface area contributed by atoms with Gasteiger partial charge in [-0.25, -0.2) is 4.98 Å². The Morgan fingerprint density at radius 2 is 1.78 bits per heavy atom. The summed E-state index contributed by atoms with van der Waals surface area (Å²) >= 11 is 0. The number of pyridine rings is 1. The number of hydrogen-bond donors (Lipinski definition) is 0. The molecule has 3 rings (SSSR count). The molecule has 0 aliphatic rings. The summed E-state index contributed by atoms with van der Waals surface area (Å²) < 4.78 is 47.6. The summed E-state index contributed by atoms with van der Waals surface area (Å²) in [4.78, 5) is 4.15. The summed E-state index contributed by atoms with van der Waals surface area (Å²) in [6, 6.07) is 16.7. The van der Waals surface area contributed by atoms with Crippen LogP contribution in [0.15, 0.2) is 66.9 Å². The fourth-order valence-corrected chi connectivity index (χ4v) is 2.42. The molecule has 2 aromatic carbocycles. The van der Waals surface area contributed by atoms with Gasteiger partial charge in [0.25, 0.3) is 0 Å². The van der Waals surface area contributed by atoms with Crippen LogP contribution in [0.5, 0.6) is 11.6 Å². The van der Waals surface area contributed by atoms with Gasteiger partial charge in [-0.15, -0.1) is 19.6 Å². The maximum atomic E-state index is 12.6. The number of halogens is 3. The Morgan fingerprint density at radius 3 is 2.41 bits per heavy atom. The summed E-state index contributed by atoms with van der Waals surface area (Å²) in [5.41, 5.74) is 2.04. The summed E-state index contributed by atoms with van der Waals surface area (Å²) in [6.07, 6.45) is 1.95. The molecule has 0 saturated carbocycles. The highest BCUT2D eigenvalue weighted by atomic mass is 19.4. The zero-order valence-corrected chi connectivity index (χ0v) is 14.0. The molecule has 0 amide bonds. The van der Waals surface area contributed by atoms with E-state index in [0.29, 0.717) is 23.6 Å². The van der Waals surface area contributed by atoms with Gasteiger partial charge in [0.05, 0.1) is 0 Å². The first-order chi connectivity index (χ1) is 12.9. The van der Waals surface area contributed by atoms with Gasteiger partial charge in [-0.3, -0.25) is 0 Å². The number of hydrogen-bond acceptors (Lipinski definition) is 3. The van der Waals surface area contributed by atoms with Crippen molar-refractivity contribution in [2.24, 2.45) is 0 Å². The molecule has 0 fully saturated rings. The van der Waals surface area contributed by atoms with E-state index in [0.717, 1.165) is 5.56 Å². The highest BCUT2D eigenvalue weighted by molar-refractivity contribution is 5.71. The van der Waals surface area contributed by atoms with Crippen LogP contribution in [0.1, 0.15) is 11.1 Å². The van der Waals surface area contributed by atoms with Crippen molar-refractivity contribution in [3.63, 3.8) is 0 Å². The summed E-state index contributed by atoms with van der Waals surface area (Å²) in [5.74, 6) is 2.40. The highest BCUT2D eigenvalue weighted by Gasteiger charge is 2.32. The van der Waals surface area contributed by atoms with Gasteiger partial charge in [0.1, 0.15) is 12.4 Å². The molecule has 0 N–H and O–H groups in total. The predicted molar refractivity (Wildman–Crippen MR) is 95.1 cm³/mol. The Hall–Kier alpha value is -3.46. The SMILES string of the molecule is C#Cc1ccc(OC(F)(F)F)c(-c2ccc(OCc3ccccc3)nc2)c1. The molecule has 0 saturated heterocycles. The maximum absolute atomic E-state index is 12.6. The number of terminal acetylenes is 1. The van der Waals surface area contributed by atoms with Crippen LogP contribution in [0.4, 0.5) is 13.2 Å². The van der Waals surface area contributed by atoms with Gasteiger partial charge < -0.3 is 9.47 Å². The Morgan fingerprint density at radius 1 is 1.00 bits per heavy atom. The van der Waals surface area contributed by atoms with Crippen molar-refractivity contribution in [2.45, 2.75) is 13.0 Å². The summed E-state index contributed by atoms with van der Waals surface area (Å²) in [6.45, 7) is 0.336. The van der Waals surface area contributed by atoms with E-state index >= 15 is 0 Å². The molecule has 1 heterocycles. The molecule has 136 valence electrons. The monoisotopic (exact) mass is 369 g/mol. The Kier molecular flexibility index (Phi) is 5.32. The van der Waals surface area contributed by atoms with Crippen molar-refractivity contribution < 1.29 is 22.6 Å². The Labute approximate surface area is 154 Å². The van der Waals surface area contributed by atoms with Gasteiger partial charge in [0.2, 0.25) is 5.88 Å². The van der Waals surface area contributed by atoms with Crippen LogP contribution in [0, 0.1) is 12.3 Å². The van der Waals surface area contributed by atoms with Crippen LogP contribution < -0.4 is 9.47 Å². The number of aromatic nitrogens is 1. The molecule has 27 heavy (non-hydrogen) atoms. The largest absolute Gasteiger partial charge is 0.573 e. The molecule has 0 aliphatic carbocycles. The third-order valence-corrected chi connectivity index (χ3v) is 3.65. The second-order valence-corrected chi connectivity index (χ2v) is 5.56. The summed E-state index contributed by atoms with van der Waals surface area (Å²) in [5, 5.41) is 0. The van der Waals surface area contributed by atoms with Gasteiger partial charge in [-0.1, -0.05) is 36.3 Å². The van der Waals surface area contributed by atoms with Crippen LogP contribution in [-0.2, 0) is 6.61 Å². The molecule has 0 spiro atoms. The second kappa shape index (κ2) is 7.83. The van der Waals surface area contributed by atoms with Crippen LogP contribution in [0.25, 0.3) is 11.1 Å². The lowest BCUT2D eigenvalue weighted by Crippen LogP contribution is -2.17. The van der Waals surface area contributed by atoms with E-state index in [2.05, 4.69) is 15.6 Å². The molecular weight excluding hydrogens is 355 g/mol. The van der Waals surface area contributed by atoms with E-state index in [1.807, 2.05) is 30.3 Å². The summed E-state index contributed by atoms with van der Waals surface area (Å²) in [7, 11) is 0. The predicted octanol–water partition coefficient (Wildman–Crippen LogP) is 5.21. The quantitative estimate of drug-likeness (QED) is 0.579. The first kappa shape index (κ1) is 18.3. The van der Waals surface area contributed by atoms with Gasteiger partial charge in [-0.05, 0) is 29.8 Å². The van der Waals surface area contributed by atoms with E-state index in [9.17, 15) is 13.2 Å². The molecule has 0 unspecified atom stereocenters. The molecule has 0 radical (unpaired) electrons. The second-order valence-electron chi connectivity index (χ2n) is 5.56. The van der Waals surface area contributed by atoms with E-state index in [1.165, 1.54) is 24.4 Å². The van der Waals surface area contributed by atoms with E-state index in [4.69, 9.17) is 11.2 Å². The van der Waals surface area contributed by atoms with Crippen LogP contribution in [0.2, 0.25) is 0 Å². The minimum atomic E-state index is -4.81. The van der Waals surface area contributed by atoms with Crippen LogP contribution >= 0.6 is 0 Å². The topological polar surface area (TPSA) is 31.4 Å². The van der Waals surface area contributed by atoms with Gasteiger partial charge in [0.15, 0.2) is 0 Å². The third-order valence-electron chi connectivity index (χ3n) is 3.65. The Balaban J connectivity index is 1.82. The minimum absolute atomic E-state index is 0.199. The van der Waals surface area contributed by atoms with Crippen molar-refractivity contribution in [1.82, 2.24) is 4.98 Å². The smallest absolute Gasteiger partial charge is 0.473 e. The molecule has 0 aliphatic heterocycles. The lowest BCUT2D eigenvalue weighted by Gasteiger charge is -2.14. The number of ether oxygens (including phenoxy) is 2. The number of alkyl halides is 3. The van der Waals surface area contributed by atoms with Crippen molar-refractivity contribution in [3.05, 3.63) is 78.0 Å².